The lowest BCUT2D eigenvalue weighted by molar-refractivity contribution is -0.153. The molecular weight excluding hydrogens is 194 g/mol. The fourth-order valence-corrected chi connectivity index (χ4v) is 1.24. The molecule has 0 aromatic carbocycles. The Labute approximate surface area is 91.3 Å². The second-order valence-electron chi connectivity index (χ2n) is 4.26. The minimum absolute atomic E-state index is 0.247. The number of hydrogen-bond donors (Lipinski definition) is 1. The maximum atomic E-state index is 11.6. The second kappa shape index (κ2) is 5.47. The molecule has 1 saturated carbocycles. The van der Waals surface area contributed by atoms with Gasteiger partial charge in [0, 0.05) is 6.61 Å². The van der Waals surface area contributed by atoms with E-state index in [1.165, 1.54) is 12.8 Å². The molecule has 0 radical (unpaired) electrons. The largest absolute Gasteiger partial charge is 0.465 e. The van der Waals surface area contributed by atoms with Crippen LogP contribution in [-0.2, 0) is 14.3 Å². The van der Waals surface area contributed by atoms with Gasteiger partial charge in [0.25, 0.3) is 0 Å². The Morgan fingerprint density at radius 2 is 2.20 bits per heavy atom. The van der Waals surface area contributed by atoms with Gasteiger partial charge in [0.05, 0.1) is 13.2 Å². The zero-order chi connectivity index (χ0) is 11.3. The predicted molar refractivity (Wildman–Crippen MR) is 57.6 cm³/mol. The molecule has 1 N–H and O–H groups in total. The van der Waals surface area contributed by atoms with Gasteiger partial charge in [-0.2, -0.15) is 0 Å². The van der Waals surface area contributed by atoms with Crippen LogP contribution in [0, 0.1) is 5.92 Å². The van der Waals surface area contributed by atoms with Crippen LogP contribution in [0.2, 0.25) is 0 Å². The van der Waals surface area contributed by atoms with Gasteiger partial charge in [-0.1, -0.05) is 0 Å². The molecule has 0 amide bonds. The molecule has 1 fully saturated rings. The molecule has 1 atom stereocenters. The molecule has 0 aromatic rings. The number of rotatable bonds is 7. The standard InChI is InChI=1S/C11H21NO3/c1-4-15-10(13)11(2,12-3)8-14-7-9-5-6-9/h9,12H,4-8H2,1-3H3. The summed E-state index contributed by atoms with van der Waals surface area (Å²) in [5.74, 6) is 0.469. The van der Waals surface area contributed by atoms with Crippen LogP contribution in [0.5, 0.6) is 0 Å². The molecule has 0 aliphatic heterocycles. The molecule has 0 saturated heterocycles. The molecule has 15 heavy (non-hydrogen) atoms. The summed E-state index contributed by atoms with van der Waals surface area (Å²) in [6.07, 6.45) is 2.52. The number of nitrogens with one attached hydrogen (secondary N) is 1. The van der Waals surface area contributed by atoms with Crippen molar-refractivity contribution in [2.75, 3.05) is 26.9 Å². The van der Waals surface area contributed by atoms with E-state index in [-0.39, 0.29) is 5.97 Å². The highest BCUT2D eigenvalue weighted by Crippen LogP contribution is 2.29. The average molecular weight is 215 g/mol. The van der Waals surface area contributed by atoms with Crippen molar-refractivity contribution < 1.29 is 14.3 Å². The molecular formula is C11H21NO3. The van der Waals surface area contributed by atoms with E-state index in [9.17, 15) is 4.79 Å². The molecule has 0 bridgehead atoms. The van der Waals surface area contributed by atoms with Crippen molar-refractivity contribution in [2.45, 2.75) is 32.2 Å². The van der Waals surface area contributed by atoms with Crippen LogP contribution >= 0.6 is 0 Å². The van der Waals surface area contributed by atoms with Gasteiger partial charge < -0.3 is 14.8 Å². The molecule has 1 rings (SSSR count). The van der Waals surface area contributed by atoms with Gasteiger partial charge in [-0.3, -0.25) is 0 Å². The van der Waals surface area contributed by atoms with Crippen LogP contribution < -0.4 is 5.32 Å². The lowest BCUT2D eigenvalue weighted by atomic mass is 10.1. The lowest BCUT2D eigenvalue weighted by Crippen LogP contribution is -2.52. The first kappa shape index (κ1) is 12.5. The molecule has 0 heterocycles. The topological polar surface area (TPSA) is 47.6 Å². The summed E-state index contributed by atoms with van der Waals surface area (Å²) in [4.78, 5) is 11.6. The summed E-state index contributed by atoms with van der Waals surface area (Å²) in [5.41, 5.74) is -0.717. The van der Waals surface area contributed by atoms with Crippen molar-refractivity contribution in [2.24, 2.45) is 5.92 Å². The Balaban J connectivity index is 2.31. The predicted octanol–water partition coefficient (Wildman–Crippen LogP) is 0.954. The summed E-state index contributed by atoms with van der Waals surface area (Å²) in [6.45, 7) is 5.14. The number of ether oxygens (including phenoxy) is 2. The van der Waals surface area contributed by atoms with E-state index in [2.05, 4.69) is 5.32 Å². The molecule has 4 heteroatoms. The third-order valence-electron chi connectivity index (χ3n) is 2.72. The van der Waals surface area contributed by atoms with E-state index < -0.39 is 5.54 Å². The van der Waals surface area contributed by atoms with Gasteiger partial charge >= 0.3 is 5.97 Å². The Bertz CT molecular complexity index is 216. The maximum Gasteiger partial charge on any atom is 0.328 e. The van der Waals surface area contributed by atoms with E-state index in [1.54, 1.807) is 20.9 Å². The third kappa shape index (κ3) is 3.80. The van der Waals surface area contributed by atoms with Crippen molar-refractivity contribution >= 4 is 5.97 Å². The maximum absolute atomic E-state index is 11.6. The highest BCUT2D eigenvalue weighted by Gasteiger charge is 2.34. The van der Waals surface area contributed by atoms with Gasteiger partial charge in [0.2, 0.25) is 0 Å². The molecule has 4 nitrogen and oxygen atoms in total. The fourth-order valence-electron chi connectivity index (χ4n) is 1.24. The van der Waals surface area contributed by atoms with E-state index in [0.717, 1.165) is 6.61 Å². The summed E-state index contributed by atoms with van der Waals surface area (Å²) < 4.78 is 10.5. The molecule has 0 aromatic heterocycles. The van der Waals surface area contributed by atoms with Gasteiger partial charge in [0.15, 0.2) is 0 Å². The number of likely N-dealkylation sites (N-methyl/N-ethyl adjacent to an activating group) is 1. The van der Waals surface area contributed by atoms with Crippen LogP contribution in [0.1, 0.15) is 26.7 Å². The number of hydrogen-bond acceptors (Lipinski definition) is 4. The molecule has 88 valence electrons. The number of carbonyl (C=O) groups excluding carboxylic acids is 1. The van der Waals surface area contributed by atoms with Crippen molar-refractivity contribution in [3.8, 4) is 0 Å². The Morgan fingerprint density at radius 3 is 2.67 bits per heavy atom. The van der Waals surface area contributed by atoms with Gasteiger partial charge in [-0.25, -0.2) is 4.79 Å². The first-order valence-corrected chi connectivity index (χ1v) is 5.56. The highest BCUT2D eigenvalue weighted by atomic mass is 16.5. The van der Waals surface area contributed by atoms with Gasteiger partial charge in [-0.05, 0) is 39.7 Å². The zero-order valence-electron chi connectivity index (χ0n) is 9.84. The first-order chi connectivity index (χ1) is 7.12. The quantitative estimate of drug-likeness (QED) is 0.642. The summed E-state index contributed by atoms with van der Waals surface area (Å²) in [6, 6.07) is 0. The van der Waals surface area contributed by atoms with E-state index in [4.69, 9.17) is 9.47 Å². The first-order valence-electron chi connectivity index (χ1n) is 5.56. The SMILES string of the molecule is CCOC(=O)C(C)(COCC1CC1)NC. The minimum atomic E-state index is -0.717. The number of esters is 1. The van der Waals surface area contributed by atoms with E-state index in [1.807, 2.05) is 0 Å². The molecule has 1 aliphatic carbocycles. The molecule has 1 aliphatic rings. The smallest absolute Gasteiger partial charge is 0.328 e. The van der Waals surface area contributed by atoms with Crippen LogP contribution in [0.3, 0.4) is 0 Å². The van der Waals surface area contributed by atoms with Crippen molar-refractivity contribution in [1.82, 2.24) is 5.32 Å². The molecule has 1 unspecified atom stereocenters. The monoisotopic (exact) mass is 215 g/mol. The summed E-state index contributed by atoms with van der Waals surface area (Å²) in [5, 5.41) is 2.96. The molecule has 0 spiro atoms. The number of carbonyl (C=O) groups is 1. The van der Waals surface area contributed by atoms with E-state index in [0.29, 0.717) is 19.1 Å². The van der Waals surface area contributed by atoms with Gasteiger partial charge in [-0.15, -0.1) is 0 Å². The third-order valence-corrected chi connectivity index (χ3v) is 2.72. The highest BCUT2D eigenvalue weighted by molar-refractivity contribution is 5.80. The summed E-state index contributed by atoms with van der Waals surface area (Å²) in [7, 11) is 1.75. The zero-order valence-corrected chi connectivity index (χ0v) is 9.84. The van der Waals surface area contributed by atoms with Crippen molar-refractivity contribution in [3.05, 3.63) is 0 Å². The van der Waals surface area contributed by atoms with Crippen LogP contribution in [0.4, 0.5) is 0 Å². The van der Waals surface area contributed by atoms with Crippen molar-refractivity contribution in [3.63, 3.8) is 0 Å². The van der Waals surface area contributed by atoms with E-state index >= 15 is 0 Å². The Hall–Kier alpha value is -0.610. The van der Waals surface area contributed by atoms with Crippen LogP contribution in [-0.4, -0.2) is 38.4 Å². The average Bonchev–Trinajstić information content (AvgIpc) is 3.02. The summed E-state index contributed by atoms with van der Waals surface area (Å²) >= 11 is 0. The Morgan fingerprint density at radius 1 is 1.53 bits per heavy atom. The Kier molecular flexibility index (Phi) is 4.54. The minimum Gasteiger partial charge on any atom is -0.465 e. The van der Waals surface area contributed by atoms with Crippen LogP contribution in [0.25, 0.3) is 0 Å². The lowest BCUT2D eigenvalue weighted by Gasteiger charge is -2.26. The van der Waals surface area contributed by atoms with Crippen LogP contribution in [0.15, 0.2) is 0 Å². The normalized spacial score (nSPS) is 19.7. The fraction of sp³-hybridized carbons (Fsp3) is 0.909. The second-order valence-corrected chi connectivity index (χ2v) is 4.26. The van der Waals surface area contributed by atoms with Gasteiger partial charge in [0.1, 0.15) is 5.54 Å². The van der Waals surface area contributed by atoms with Crippen molar-refractivity contribution in [1.29, 1.82) is 0 Å².